The third-order valence-electron chi connectivity index (χ3n) is 4.15. The van der Waals surface area contributed by atoms with Crippen molar-refractivity contribution in [2.45, 2.75) is 24.4 Å². The Morgan fingerprint density at radius 1 is 1.31 bits per heavy atom. The van der Waals surface area contributed by atoms with E-state index in [2.05, 4.69) is 50.5 Å². The zero-order chi connectivity index (χ0) is 19.7. The molecule has 2 atom stereocenters. The number of thioether (sulfide) groups is 2. The van der Waals surface area contributed by atoms with E-state index in [4.69, 9.17) is 0 Å². The summed E-state index contributed by atoms with van der Waals surface area (Å²) in [5.41, 5.74) is 1.13. The molecule has 0 saturated carbocycles. The Kier molecular flexibility index (Phi) is 16.1. The van der Waals surface area contributed by atoms with E-state index in [1.54, 1.807) is 0 Å². The molecule has 3 aliphatic rings. The van der Waals surface area contributed by atoms with Gasteiger partial charge in [-0.1, -0.05) is 16.1 Å². The Hall–Kier alpha value is 1.33. The quantitative estimate of drug-likeness (QED) is 0.282. The number of rotatable bonds is 6. The molecule has 0 aliphatic carbocycles. The molecule has 4 rings (SSSR count). The molecule has 4 heterocycles. The standard InChI is InChI=1S/C15H13N8O3S2.W.3Y/c1-8(24)13-9(5-27-11-2-3-16-19-11)6-28-15-12(14(26)23(13)15)18-10(25)4-22-7-17-20-21-22;;;;/h12,15H,1-2,4-6H2,(H,18,25);;;;/q-3;;;;. The number of aromatic nitrogens is 4. The molecule has 1 N–H and O–H groups in total. The molecule has 17 heteroatoms. The average molecular weight is 868 g/mol. The van der Waals surface area contributed by atoms with Crippen LogP contribution in [0.15, 0.2) is 21.5 Å². The molecule has 3 radical (unpaired) electrons. The van der Waals surface area contributed by atoms with Gasteiger partial charge in [0, 0.05) is 136 Å². The topological polar surface area (TPSA) is 135 Å². The van der Waals surface area contributed by atoms with Crippen molar-refractivity contribution in [1.29, 1.82) is 0 Å². The predicted molar refractivity (Wildman–Crippen MR) is 101 cm³/mol. The molecule has 11 nitrogen and oxygen atoms in total. The van der Waals surface area contributed by atoms with Gasteiger partial charge in [-0.25, -0.2) is 6.33 Å². The summed E-state index contributed by atoms with van der Waals surface area (Å²) in [6, 6.07) is -0.709. The van der Waals surface area contributed by atoms with E-state index >= 15 is 0 Å². The molecule has 3 aliphatic heterocycles. The van der Waals surface area contributed by atoms with Crippen LogP contribution in [0.1, 0.15) is 6.42 Å². The molecule has 1 aromatic heterocycles. The van der Waals surface area contributed by atoms with Crippen LogP contribution in [0.25, 0.3) is 0 Å². The fraction of sp³-hybridized carbons (Fsp3) is 0.400. The summed E-state index contributed by atoms with van der Waals surface area (Å²) in [4.78, 5) is 38.3. The van der Waals surface area contributed by atoms with E-state index in [0.29, 0.717) is 23.6 Å². The van der Waals surface area contributed by atoms with Crippen molar-refractivity contribution in [3.63, 3.8) is 0 Å². The van der Waals surface area contributed by atoms with E-state index < -0.39 is 17.7 Å². The molecule has 161 valence electrons. The van der Waals surface area contributed by atoms with Gasteiger partial charge in [-0.3, -0.25) is 9.59 Å². The number of amides is 2. The van der Waals surface area contributed by atoms with E-state index in [0.717, 1.165) is 15.3 Å². The van der Waals surface area contributed by atoms with Crippen LogP contribution in [0.4, 0.5) is 0 Å². The zero-order valence-corrected chi connectivity index (χ0v) is 29.6. The van der Waals surface area contributed by atoms with Crippen molar-refractivity contribution in [3.05, 3.63) is 24.5 Å². The van der Waals surface area contributed by atoms with Crippen molar-refractivity contribution in [1.82, 2.24) is 30.4 Å². The number of hydrogen-bond donors (Lipinski definition) is 1. The first-order valence-corrected chi connectivity index (χ1v) is 10.2. The number of ketones is 1. The minimum atomic E-state index is -0.709. The van der Waals surface area contributed by atoms with E-state index in [1.165, 1.54) is 28.4 Å². The molecular weight excluding hydrogens is 855 g/mol. The number of allylic oxidation sites excluding steroid dienone is 1. The molecule has 1 fully saturated rings. The molecule has 0 spiro atoms. The minimum absolute atomic E-state index is 0. The number of β-lactam (4-membered cyclic amide) rings is 1. The minimum Gasteiger partial charge on any atom is -0.399 e. The van der Waals surface area contributed by atoms with Gasteiger partial charge in [0.25, 0.3) is 0 Å². The first-order chi connectivity index (χ1) is 13.5. The van der Waals surface area contributed by atoms with Gasteiger partial charge in [0.1, 0.15) is 6.04 Å². The second-order valence-electron chi connectivity index (χ2n) is 5.98. The van der Waals surface area contributed by atoms with Crippen molar-refractivity contribution in [2.24, 2.45) is 10.2 Å². The summed E-state index contributed by atoms with van der Waals surface area (Å²) in [7, 11) is 0. The molecule has 1 aromatic rings. The maximum atomic E-state index is 12.6. The number of carbonyl (C=O) groups is 3. The molecule has 1 saturated heterocycles. The Balaban J connectivity index is 0.00000240. The monoisotopic (exact) mass is 868 g/mol. The second-order valence-corrected chi connectivity index (χ2v) is 8.14. The maximum absolute atomic E-state index is 12.6. The zero-order valence-electron chi connectivity index (χ0n) is 16.5. The van der Waals surface area contributed by atoms with Crippen LogP contribution in [0.3, 0.4) is 0 Å². The van der Waals surface area contributed by atoms with Crippen LogP contribution in [0.2, 0.25) is 0 Å². The summed E-state index contributed by atoms with van der Waals surface area (Å²) in [5, 5.41) is 21.1. The van der Waals surface area contributed by atoms with Gasteiger partial charge in [0.2, 0.25) is 11.8 Å². The summed E-state index contributed by atoms with van der Waals surface area (Å²) >= 11 is 2.96. The number of nitrogens with one attached hydrogen (secondary N) is 1. The predicted octanol–water partition coefficient (Wildman–Crippen LogP) is -1.08. The largest absolute Gasteiger partial charge is 0.399 e. The van der Waals surface area contributed by atoms with Crippen LogP contribution in [-0.4, -0.2) is 76.9 Å². The van der Waals surface area contributed by atoms with Gasteiger partial charge in [-0.2, -0.15) is 12.0 Å². The Bertz CT molecular complexity index is 931. The van der Waals surface area contributed by atoms with Gasteiger partial charge in [0.15, 0.2) is 0 Å². The maximum Gasteiger partial charge on any atom is 0.239 e. The SMILES string of the molecule is [CH2-]C(=O)C1=C(CSC2=NN=[C-]C2)CSC2C(NC(=O)Cn3[c-]nnn3)C(=O)N12.[W].[Y].[Y].[Y]. The van der Waals surface area contributed by atoms with Crippen LogP contribution in [0.5, 0.6) is 0 Å². The van der Waals surface area contributed by atoms with Crippen molar-refractivity contribution in [2.75, 3.05) is 11.5 Å². The first kappa shape index (κ1) is 33.3. The third kappa shape index (κ3) is 7.66. The smallest absolute Gasteiger partial charge is 0.239 e. The van der Waals surface area contributed by atoms with E-state index in [9.17, 15) is 14.4 Å². The Morgan fingerprint density at radius 3 is 2.66 bits per heavy atom. The van der Waals surface area contributed by atoms with Crippen LogP contribution < -0.4 is 5.32 Å². The van der Waals surface area contributed by atoms with Crippen molar-refractivity contribution >= 4 is 52.4 Å². The number of tetrazole rings is 1. The number of hydrogen-bond acceptors (Lipinski definition) is 10. The molecule has 2 amide bonds. The van der Waals surface area contributed by atoms with Crippen molar-refractivity contribution < 1.29 is 134 Å². The molecule has 2 unspecified atom stereocenters. The van der Waals surface area contributed by atoms with Gasteiger partial charge in [-0.15, -0.1) is 35.5 Å². The number of nitrogens with zero attached hydrogens (tertiary/aromatic N) is 7. The first-order valence-electron chi connectivity index (χ1n) is 8.13. The number of carbonyl (C=O) groups excluding carboxylic acids is 3. The third-order valence-corrected chi connectivity index (χ3v) is 6.54. The summed E-state index contributed by atoms with van der Waals surface area (Å²) in [5.74, 6) is -0.0923. The number of Topliss-reactive ketones (excluding diaryl/α,β-unsaturated/α-hetero) is 1. The van der Waals surface area contributed by atoms with Gasteiger partial charge < -0.3 is 36.1 Å². The van der Waals surface area contributed by atoms with Gasteiger partial charge in [-0.05, 0) is 0 Å². The summed E-state index contributed by atoms with van der Waals surface area (Å²) in [6.45, 7) is 3.35. The van der Waals surface area contributed by atoms with Crippen LogP contribution in [-0.2, 0) is 140 Å². The van der Waals surface area contributed by atoms with Crippen LogP contribution >= 0.6 is 23.5 Å². The molecular formula is C15H13N8O3S2WY3-3. The van der Waals surface area contributed by atoms with E-state index in [1.807, 2.05) is 0 Å². The van der Waals surface area contributed by atoms with Gasteiger partial charge in [0.05, 0.1) is 17.0 Å². The Morgan fingerprint density at radius 2 is 2.06 bits per heavy atom. The number of fused-ring (bicyclic) bond motifs is 1. The average Bonchev–Trinajstić information content (AvgIpc) is 3.37. The molecule has 0 aromatic carbocycles. The normalized spacial score (nSPS) is 20.4. The molecule has 32 heavy (non-hydrogen) atoms. The van der Waals surface area contributed by atoms with E-state index in [-0.39, 0.29) is 137 Å². The summed E-state index contributed by atoms with van der Waals surface area (Å²) in [6.07, 6.45) is 5.71. The Labute approximate surface area is 282 Å². The molecule has 0 bridgehead atoms. The van der Waals surface area contributed by atoms with Gasteiger partial charge >= 0.3 is 0 Å². The van der Waals surface area contributed by atoms with Crippen molar-refractivity contribution in [3.8, 4) is 0 Å². The summed E-state index contributed by atoms with van der Waals surface area (Å²) < 4.78 is 1.14. The van der Waals surface area contributed by atoms with Crippen LogP contribution in [0, 0.1) is 13.3 Å². The fourth-order valence-electron chi connectivity index (χ4n) is 2.93. The fourth-order valence-corrected chi connectivity index (χ4v) is 5.25. The second kappa shape index (κ2) is 15.4.